The van der Waals surface area contributed by atoms with E-state index in [1.54, 1.807) is 0 Å². The Kier molecular flexibility index (Phi) is 2.03. The molecule has 88 valence electrons. The summed E-state index contributed by atoms with van der Waals surface area (Å²) in [6.07, 6.45) is 1.98. The third-order valence-corrected chi connectivity index (χ3v) is 3.58. The van der Waals surface area contributed by atoms with Gasteiger partial charge in [-0.1, -0.05) is 18.2 Å². The largest absolute Gasteiger partial charge is 0.378 e. The van der Waals surface area contributed by atoms with Crippen LogP contribution in [-0.2, 0) is 22.0 Å². The molecule has 4 nitrogen and oxygen atoms in total. The minimum Gasteiger partial charge on any atom is -0.378 e. The average Bonchev–Trinajstić information content (AvgIpc) is 2.56. The molecule has 17 heavy (non-hydrogen) atoms. The molecule has 3 rings (SSSR count). The molecule has 1 saturated heterocycles. The molecule has 0 aliphatic carbocycles. The molecule has 1 amide bonds. The van der Waals surface area contributed by atoms with E-state index in [0.29, 0.717) is 13.2 Å². The van der Waals surface area contributed by atoms with Crippen molar-refractivity contribution in [3.63, 3.8) is 0 Å². The van der Waals surface area contributed by atoms with E-state index >= 15 is 0 Å². The molecule has 1 fully saturated rings. The molecule has 0 unspecified atom stereocenters. The van der Waals surface area contributed by atoms with Crippen molar-refractivity contribution in [2.75, 3.05) is 13.2 Å². The number of carbonyl (C=O) groups excluding carboxylic acids is 1. The van der Waals surface area contributed by atoms with E-state index < -0.39 is 5.41 Å². The Morgan fingerprint density at radius 2 is 2.12 bits per heavy atom. The van der Waals surface area contributed by atoms with Gasteiger partial charge in [-0.3, -0.25) is 4.79 Å². The van der Waals surface area contributed by atoms with Crippen LogP contribution in [0.3, 0.4) is 0 Å². The minimum atomic E-state index is -0.638. The number of hydrogen-bond donors (Lipinski definition) is 1. The summed E-state index contributed by atoms with van der Waals surface area (Å²) in [5, 5.41) is 1.08. The van der Waals surface area contributed by atoms with Gasteiger partial charge in [0.25, 0.3) is 0 Å². The highest BCUT2D eigenvalue weighted by molar-refractivity contribution is 5.95. The van der Waals surface area contributed by atoms with Crippen molar-refractivity contribution in [3.05, 3.63) is 36.0 Å². The van der Waals surface area contributed by atoms with Gasteiger partial charge in [0.05, 0.1) is 13.2 Å². The van der Waals surface area contributed by atoms with Gasteiger partial charge in [0, 0.05) is 24.1 Å². The van der Waals surface area contributed by atoms with Gasteiger partial charge >= 0.3 is 0 Å². The standard InChI is InChI=1S/C13H14N2O2/c1-15-6-10(9-4-2-3-5-11(9)15)13(12(14)16)7-17-8-13/h2-6H,7-8H2,1H3,(H2,14,16). The smallest absolute Gasteiger partial charge is 0.232 e. The van der Waals surface area contributed by atoms with Gasteiger partial charge in [0.1, 0.15) is 5.41 Å². The highest BCUT2D eigenvalue weighted by Gasteiger charge is 2.47. The second-order valence-corrected chi connectivity index (χ2v) is 4.61. The monoisotopic (exact) mass is 230 g/mol. The summed E-state index contributed by atoms with van der Waals surface area (Å²) in [4.78, 5) is 11.7. The van der Waals surface area contributed by atoms with Crippen molar-refractivity contribution in [1.29, 1.82) is 0 Å². The van der Waals surface area contributed by atoms with Crippen LogP contribution in [-0.4, -0.2) is 23.7 Å². The quantitative estimate of drug-likeness (QED) is 0.834. The summed E-state index contributed by atoms with van der Waals surface area (Å²) in [5.74, 6) is -0.305. The minimum absolute atomic E-state index is 0.305. The Morgan fingerprint density at radius 1 is 1.41 bits per heavy atom. The van der Waals surface area contributed by atoms with Crippen LogP contribution in [0, 0.1) is 0 Å². The maximum absolute atomic E-state index is 11.7. The molecule has 2 aromatic rings. The van der Waals surface area contributed by atoms with Crippen molar-refractivity contribution in [3.8, 4) is 0 Å². The molecule has 1 aliphatic heterocycles. The lowest BCUT2D eigenvalue weighted by atomic mass is 9.78. The van der Waals surface area contributed by atoms with Crippen LogP contribution < -0.4 is 5.73 Å². The Morgan fingerprint density at radius 3 is 2.71 bits per heavy atom. The lowest BCUT2D eigenvalue weighted by Crippen LogP contribution is -2.56. The number of ether oxygens (including phenoxy) is 1. The highest BCUT2D eigenvalue weighted by atomic mass is 16.5. The molecule has 0 atom stereocenters. The van der Waals surface area contributed by atoms with Crippen LogP contribution in [0.2, 0.25) is 0 Å². The van der Waals surface area contributed by atoms with Gasteiger partial charge in [-0.2, -0.15) is 0 Å². The third-order valence-electron chi connectivity index (χ3n) is 3.58. The third kappa shape index (κ3) is 1.24. The first-order valence-electron chi connectivity index (χ1n) is 5.57. The summed E-state index contributed by atoms with van der Waals surface area (Å²) in [6, 6.07) is 8.01. The molecule has 4 heteroatoms. The fourth-order valence-corrected chi connectivity index (χ4v) is 2.46. The predicted molar refractivity (Wildman–Crippen MR) is 64.6 cm³/mol. The molecule has 0 saturated carbocycles. The number of aromatic nitrogens is 1. The molecule has 1 aromatic carbocycles. The first kappa shape index (κ1) is 10.4. The fraction of sp³-hybridized carbons (Fsp3) is 0.308. The second kappa shape index (κ2) is 3.34. The summed E-state index contributed by atoms with van der Waals surface area (Å²) in [6.45, 7) is 0.771. The van der Waals surface area contributed by atoms with Crippen molar-refractivity contribution in [2.24, 2.45) is 12.8 Å². The number of amides is 1. The number of nitrogens with two attached hydrogens (primary N) is 1. The zero-order chi connectivity index (χ0) is 12.0. The fourth-order valence-electron chi connectivity index (χ4n) is 2.46. The molecule has 2 heterocycles. The van der Waals surface area contributed by atoms with Crippen LogP contribution in [0.1, 0.15) is 5.56 Å². The number of para-hydroxylation sites is 1. The molecule has 0 bridgehead atoms. The van der Waals surface area contributed by atoms with Gasteiger partial charge in [-0.15, -0.1) is 0 Å². The van der Waals surface area contributed by atoms with Crippen molar-refractivity contribution in [2.45, 2.75) is 5.41 Å². The molecule has 0 radical (unpaired) electrons. The molecular formula is C13H14N2O2. The van der Waals surface area contributed by atoms with E-state index in [4.69, 9.17) is 10.5 Å². The Hall–Kier alpha value is -1.81. The van der Waals surface area contributed by atoms with Gasteiger partial charge in [-0.05, 0) is 11.6 Å². The highest BCUT2D eigenvalue weighted by Crippen LogP contribution is 2.37. The van der Waals surface area contributed by atoms with Crippen LogP contribution >= 0.6 is 0 Å². The van der Waals surface area contributed by atoms with Crippen LogP contribution in [0.4, 0.5) is 0 Å². The first-order chi connectivity index (χ1) is 8.15. The molecule has 1 aliphatic rings. The van der Waals surface area contributed by atoms with Crippen molar-refractivity contribution >= 4 is 16.8 Å². The lowest BCUT2D eigenvalue weighted by Gasteiger charge is -2.38. The van der Waals surface area contributed by atoms with Crippen molar-refractivity contribution in [1.82, 2.24) is 4.57 Å². The summed E-state index contributed by atoms with van der Waals surface area (Å²) < 4.78 is 7.22. The molecule has 1 aromatic heterocycles. The summed E-state index contributed by atoms with van der Waals surface area (Å²) in [5.41, 5.74) is 6.99. The SMILES string of the molecule is Cn1cc(C2(C(N)=O)COC2)c2ccccc21. The Bertz CT molecular complexity index is 596. The number of carbonyl (C=O) groups is 1. The van der Waals surface area contributed by atoms with Gasteiger partial charge in [0.15, 0.2) is 0 Å². The van der Waals surface area contributed by atoms with E-state index in [1.807, 2.05) is 42.1 Å². The van der Waals surface area contributed by atoms with E-state index in [9.17, 15) is 4.79 Å². The first-order valence-corrected chi connectivity index (χ1v) is 5.57. The zero-order valence-corrected chi connectivity index (χ0v) is 9.64. The molecule has 0 spiro atoms. The van der Waals surface area contributed by atoms with E-state index in [0.717, 1.165) is 16.5 Å². The van der Waals surface area contributed by atoms with E-state index in [2.05, 4.69) is 0 Å². The topological polar surface area (TPSA) is 57.2 Å². The van der Waals surface area contributed by atoms with Gasteiger partial charge in [-0.25, -0.2) is 0 Å². The van der Waals surface area contributed by atoms with Crippen LogP contribution in [0.5, 0.6) is 0 Å². The summed E-state index contributed by atoms with van der Waals surface area (Å²) >= 11 is 0. The van der Waals surface area contributed by atoms with Crippen LogP contribution in [0.15, 0.2) is 30.5 Å². The number of benzene rings is 1. The number of rotatable bonds is 2. The number of primary amides is 1. The predicted octanol–water partition coefficient (Wildman–Crippen LogP) is 0.932. The van der Waals surface area contributed by atoms with Crippen LogP contribution in [0.25, 0.3) is 10.9 Å². The zero-order valence-electron chi connectivity index (χ0n) is 9.64. The number of nitrogens with zero attached hydrogens (tertiary/aromatic N) is 1. The second-order valence-electron chi connectivity index (χ2n) is 4.61. The maximum Gasteiger partial charge on any atom is 0.232 e. The van der Waals surface area contributed by atoms with Gasteiger partial charge < -0.3 is 15.0 Å². The van der Waals surface area contributed by atoms with E-state index in [1.165, 1.54) is 0 Å². The van der Waals surface area contributed by atoms with Gasteiger partial charge in [0.2, 0.25) is 5.91 Å². The van der Waals surface area contributed by atoms with Crippen molar-refractivity contribution < 1.29 is 9.53 Å². The van der Waals surface area contributed by atoms with E-state index in [-0.39, 0.29) is 5.91 Å². The number of fused-ring (bicyclic) bond motifs is 1. The Balaban J connectivity index is 2.27. The summed E-state index contributed by atoms with van der Waals surface area (Å²) in [7, 11) is 1.97. The Labute approximate surface area is 99.0 Å². The normalized spacial score (nSPS) is 17.9. The number of aryl methyl sites for hydroxylation is 1. The molecular weight excluding hydrogens is 216 g/mol. The number of hydrogen-bond acceptors (Lipinski definition) is 2. The molecule has 2 N–H and O–H groups in total. The lowest BCUT2D eigenvalue weighted by molar-refractivity contribution is -0.141. The maximum atomic E-state index is 11.7. The average molecular weight is 230 g/mol.